The lowest BCUT2D eigenvalue weighted by Gasteiger charge is -2.35. The number of amides is 2. The SMILES string of the molecule is O=C(CN1CCN(C(=O)c2cccc(OCc3cn4ccccc4n3)c2)CC1)N1CCCC1. The molecule has 8 heteroatoms. The first-order valence-corrected chi connectivity index (χ1v) is 11.6. The van der Waals surface area contributed by atoms with Gasteiger partial charge in [0.25, 0.3) is 5.91 Å². The van der Waals surface area contributed by atoms with Crippen LogP contribution < -0.4 is 4.74 Å². The average molecular weight is 448 g/mol. The van der Waals surface area contributed by atoms with Gasteiger partial charge in [0.2, 0.25) is 5.91 Å². The van der Waals surface area contributed by atoms with E-state index in [1.807, 2.05) is 63.0 Å². The van der Waals surface area contributed by atoms with Crippen molar-refractivity contribution in [1.29, 1.82) is 0 Å². The molecule has 2 saturated heterocycles. The molecule has 0 unspecified atom stereocenters. The Kier molecular flexibility index (Phi) is 6.26. The van der Waals surface area contributed by atoms with Crippen molar-refractivity contribution in [1.82, 2.24) is 24.1 Å². The number of aromatic nitrogens is 2. The van der Waals surface area contributed by atoms with Crippen LogP contribution >= 0.6 is 0 Å². The van der Waals surface area contributed by atoms with Gasteiger partial charge in [-0.1, -0.05) is 12.1 Å². The highest BCUT2D eigenvalue weighted by atomic mass is 16.5. The minimum atomic E-state index is -0.00120. The van der Waals surface area contributed by atoms with E-state index in [0.717, 1.165) is 50.4 Å². The molecular formula is C25H29N5O3. The summed E-state index contributed by atoms with van der Waals surface area (Å²) in [5, 5.41) is 0. The van der Waals surface area contributed by atoms with E-state index in [1.54, 1.807) is 6.07 Å². The lowest BCUT2D eigenvalue weighted by molar-refractivity contribution is -0.131. The van der Waals surface area contributed by atoms with Gasteiger partial charge in [0.1, 0.15) is 18.0 Å². The van der Waals surface area contributed by atoms with Gasteiger partial charge in [0, 0.05) is 57.2 Å². The van der Waals surface area contributed by atoms with Gasteiger partial charge in [-0.25, -0.2) is 4.98 Å². The molecule has 0 N–H and O–H groups in total. The van der Waals surface area contributed by atoms with Gasteiger partial charge in [-0.15, -0.1) is 0 Å². The summed E-state index contributed by atoms with van der Waals surface area (Å²) < 4.78 is 7.87. The van der Waals surface area contributed by atoms with Crippen LogP contribution in [0.4, 0.5) is 0 Å². The number of hydrogen-bond donors (Lipinski definition) is 0. The van der Waals surface area contributed by atoms with Crippen LogP contribution in [0, 0.1) is 0 Å². The van der Waals surface area contributed by atoms with Crippen LogP contribution in [0.5, 0.6) is 5.75 Å². The summed E-state index contributed by atoms with van der Waals surface area (Å²) in [4.78, 5) is 35.9. The minimum Gasteiger partial charge on any atom is -0.487 e. The Labute approximate surface area is 193 Å². The molecule has 172 valence electrons. The fourth-order valence-electron chi connectivity index (χ4n) is 4.48. The van der Waals surface area contributed by atoms with Crippen molar-refractivity contribution >= 4 is 17.5 Å². The van der Waals surface area contributed by atoms with Crippen LogP contribution in [0.25, 0.3) is 5.65 Å². The first kappa shape index (κ1) is 21.5. The molecule has 2 aromatic heterocycles. The summed E-state index contributed by atoms with van der Waals surface area (Å²) in [6.07, 6.45) is 6.11. The second-order valence-corrected chi connectivity index (χ2v) is 8.67. The lowest BCUT2D eigenvalue weighted by Crippen LogP contribution is -2.51. The van der Waals surface area contributed by atoms with Crippen LogP contribution in [0.15, 0.2) is 54.9 Å². The average Bonchev–Trinajstić information content (AvgIpc) is 3.53. The highest BCUT2D eigenvalue weighted by Crippen LogP contribution is 2.18. The molecule has 2 amide bonds. The molecule has 2 aliphatic heterocycles. The van der Waals surface area contributed by atoms with Gasteiger partial charge in [0.15, 0.2) is 0 Å². The molecule has 2 aliphatic rings. The minimum absolute atomic E-state index is 0.00120. The van der Waals surface area contributed by atoms with Crippen LogP contribution in [-0.4, -0.2) is 81.7 Å². The summed E-state index contributed by atoms with van der Waals surface area (Å²) in [7, 11) is 0. The summed E-state index contributed by atoms with van der Waals surface area (Å²) in [6.45, 7) is 5.23. The zero-order valence-electron chi connectivity index (χ0n) is 18.7. The molecule has 0 saturated carbocycles. The molecule has 5 rings (SSSR count). The van der Waals surface area contributed by atoms with Crippen LogP contribution in [0.1, 0.15) is 28.9 Å². The zero-order chi connectivity index (χ0) is 22.6. The zero-order valence-corrected chi connectivity index (χ0v) is 18.7. The van der Waals surface area contributed by atoms with Gasteiger partial charge in [-0.3, -0.25) is 14.5 Å². The molecule has 0 radical (unpaired) electrons. The maximum atomic E-state index is 13.0. The van der Waals surface area contributed by atoms with Crippen molar-refractivity contribution < 1.29 is 14.3 Å². The molecular weight excluding hydrogens is 418 g/mol. The number of piperazine rings is 1. The van der Waals surface area contributed by atoms with E-state index in [0.29, 0.717) is 37.6 Å². The Morgan fingerprint density at radius 1 is 0.909 bits per heavy atom. The highest BCUT2D eigenvalue weighted by molar-refractivity contribution is 5.94. The maximum absolute atomic E-state index is 13.0. The number of fused-ring (bicyclic) bond motifs is 1. The van der Waals surface area contributed by atoms with Gasteiger partial charge in [-0.2, -0.15) is 0 Å². The standard InChI is InChI=1S/C25H29N5O3/c31-24(28-9-3-4-10-28)18-27-12-14-29(15-13-27)25(32)20-6-5-7-22(16-20)33-19-21-17-30-11-2-1-8-23(30)26-21/h1-2,5-8,11,16-17H,3-4,9-10,12-15,18-19H2. The van der Waals surface area contributed by atoms with Crippen molar-refractivity contribution in [2.75, 3.05) is 45.8 Å². The van der Waals surface area contributed by atoms with Crippen LogP contribution in [-0.2, 0) is 11.4 Å². The summed E-state index contributed by atoms with van der Waals surface area (Å²) in [6, 6.07) is 13.2. The quantitative estimate of drug-likeness (QED) is 0.580. The van der Waals surface area contributed by atoms with E-state index < -0.39 is 0 Å². The number of imidazole rings is 1. The Bertz CT molecular complexity index is 1100. The third kappa shape index (κ3) is 5.01. The molecule has 8 nitrogen and oxygen atoms in total. The van der Waals surface area contributed by atoms with Gasteiger partial charge < -0.3 is 18.9 Å². The van der Waals surface area contributed by atoms with E-state index in [4.69, 9.17) is 4.74 Å². The Morgan fingerprint density at radius 2 is 1.73 bits per heavy atom. The number of benzene rings is 1. The molecule has 3 aromatic rings. The number of hydrogen-bond acceptors (Lipinski definition) is 5. The largest absolute Gasteiger partial charge is 0.487 e. The number of nitrogens with zero attached hydrogens (tertiary/aromatic N) is 5. The van der Waals surface area contributed by atoms with Crippen molar-refractivity contribution in [3.8, 4) is 5.75 Å². The smallest absolute Gasteiger partial charge is 0.254 e. The lowest BCUT2D eigenvalue weighted by atomic mass is 10.1. The monoisotopic (exact) mass is 447 g/mol. The number of likely N-dealkylation sites (tertiary alicyclic amines) is 1. The molecule has 2 fully saturated rings. The normalized spacial score (nSPS) is 17.0. The molecule has 33 heavy (non-hydrogen) atoms. The number of rotatable bonds is 6. The predicted octanol–water partition coefficient (Wildman–Crippen LogP) is 2.29. The summed E-state index contributed by atoms with van der Waals surface area (Å²) in [5.74, 6) is 0.856. The van der Waals surface area contributed by atoms with Crippen LogP contribution in [0.3, 0.4) is 0 Å². The van der Waals surface area contributed by atoms with Gasteiger partial charge >= 0.3 is 0 Å². The van der Waals surface area contributed by atoms with E-state index in [-0.39, 0.29) is 11.8 Å². The van der Waals surface area contributed by atoms with Gasteiger partial charge in [0.05, 0.1) is 12.2 Å². The summed E-state index contributed by atoms with van der Waals surface area (Å²) in [5.41, 5.74) is 2.32. The second kappa shape index (κ2) is 9.62. The Hall–Kier alpha value is -3.39. The molecule has 0 atom stereocenters. The Balaban J connectivity index is 1.14. The molecule has 1 aromatic carbocycles. The molecule has 0 aliphatic carbocycles. The third-order valence-corrected chi connectivity index (χ3v) is 6.36. The topological polar surface area (TPSA) is 70.4 Å². The first-order valence-electron chi connectivity index (χ1n) is 11.6. The number of carbonyl (C=O) groups excluding carboxylic acids is 2. The van der Waals surface area contributed by atoms with E-state index in [9.17, 15) is 9.59 Å². The molecule has 0 bridgehead atoms. The first-order chi connectivity index (χ1) is 16.2. The number of carbonyl (C=O) groups is 2. The van der Waals surface area contributed by atoms with E-state index in [2.05, 4.69) is 9.88 Å². The van der Waals surface area contributed by atoms with Crippen molar-refractivity contribution in [2.24, 2.45) is 0 Å². The van der Waals surface area contributed by atoms with Crippen molar-refractivity contribution in [3.05, 3.63) is 66.1 Å². The molecule has 0 spiro atoms. The van der Waals surface area contributed by atoms with Crippen molar-refractivity contribution in [2.45, 2.75) is 19.4 Å². The highest BCUT2D eigenvalue weighted by Gasteiger charge is 2.26. The predicted molar refractivity (Wildman–Crippen MR) is 124 cm³/mol. The third-order valence-electron chi connectivity index (χ3n) is 6.36. The van der Waals surface area contributed by atoms with E-state index in [1.165, 1.54) is 0 Å². The molecule has 4 heterocycles. The van der Waals surface area contributed by atoms with Gasteiger partial charge in [-0.05, 0) is 43.2 Å². The fraction of sp³-hybridized carbons (Fsp3) is 0.400. The van der Waals surface area contributed by atoms with Crippen molar-refractivity contribution in [3.63, 3.8) is 0 Å². The van der Waals surface area contributed by atoms with Crippen LogP contribution in [0.2, 0.25) is 0 Å². The fourth-order valence-corrected chi connectivity index (χ4v) is 4.48. The Morgan fingerprint density at radius 3 is 2.52 bits per heavy atom. The van der Waals surface area contributed by atoms with E-state index >= 15 is 0 Å². The summed E-state index contributed by atoms with van der Waals surface area (Å²) >= 11 is 0. The number of pyridine rings is 1. The number of ether oxygens (including phenoxy) is 1. The maximum Gasteiger partial charge on any atom is 0.254 e. The second-order valence-electron chi connectivity index (χ2n) is 8.67.